The molecule has 0 aliphatic rings. The third kappa shape index (κ3) is 4.81. The Morgan fingerprint density at radius 3 is 2.32 bits per heavy atom. The number of hydrogen-bond acceptors (Lipinski definition) is 6. The second-order valence-electron chi connectivity index (χ2n) is 6.51. The van der Waals surface area contributed by atoms with Gasteiger partial charge in [0.2, 0.25) is 0 Å². The topological polar surface area (TPSA) is 128 Å². The Balaban J connectivity index is 1.92. The van der Waals surface area contributed by atoms with Crippen molar-refractivity contribution in [3.05, 3.63) is 88.0 Å². The fraction of sp³-hybridized carbons (Fsp3) is 0.0952. The number of para-hydroxylation sites is 3. The van der Waals surface area contributed by atoms with Crippen LogP contribution in [0.4, 0.5) is 17.1 Å². The Labute approximate surface area is 178 Å². The molecule has 0 heterocycles. The first-order valence-electron chi connectivity index (χ1n) is 9.04. The molecule has 0 saturated heterocycles. The van der Waals surface area contributed by atoms with Crippen molar-refractivity contribution in [1.82, 2.24) is 0 Å². The molecule has 10 heteroatoms. The summed E-state index contributed by atoms with van der Waals surface area (Å²) in [5.41, 5.74) is 0.532. The molecule has 0 radical (unpaired) electrons. The summed E-state index contributed by atoms with van der Waals surface area (Å²) in [6.45, 7) is 1.51. The molecular formula is C21H19N3O6S. The van der Waals surface area contributed by atoms with Gasteiger partial charge in [0.05, 0.1) is 33.9 Å². The van der Waals surface area contributed by atoms with Gasteiger partial charge in [-0.3, -0.25) is 19.6 Å². The number of carbonyl (C=O) groups is 1. The Kier molecular flexibility index (Phi) is 6.21. The van der Waals surface area contributed by atoms with Crippen LogP contribution in [0.3, 0.4) is 0 Å². The lowest BCUT2D eigenvalue weighted by atomic mass is 10.1. The highest BCUT2D eigenvalue weighted by atomic mass is 32.2. The molecule has 1 amide bonds. The fourth-order valence-corrected chi connectivity index (χ4v) is 3.96. The van der Waals surface area contributed by atoms with Crippen LogP contribution < -0.4 is 14.8 Å². The van der Waals surface area contributed by atoms with Crippen molar-refractivity contribution in [2.24, 2.45) is 0 Å². The number of amides is 1. The van der Waals surface area contributed by atoms with Crippen LogP contribution in [0, 0.1) is 17.0 Å². The predicted molar refractivity (Wildman–Crippen MR) is 116 cm³/mol. The van der Waals surface area contributed by atoms with E-state index in [4.69, 9.17) is 4.74 Å². The molecule has 0 atom stereocenters. The van der Waals surface area contributed by atoms with E-state index in [2.05, 4.69) is 10.0 Å². The van der Waals surface area contributed by atoms with Gasteiger partial charge in [0, 0.05) is 11.6 Å². The summed E-state index contributed by atoms with van der Waals surface area (Å²) in [5, 5.41) is 13.8. The molecule has 0 bridgehead atoms. The molecule has 0 aliphatic heterocycles. The van der Waals surface area contributed by atoms with Crippen LogP contribution >= 0.6 is 0 Å². The molecule has 0 aliphatic carbocycles. The van der Waals surface area contributed by atoms with Gasteiger partial charge in [-0.2, -0.15) is 0 Å². The van der Waals surface area contributed by atoms with Crippen molar-refractivity contribution >= 4 is 33.0 Å². The van der Waals surface area contributed by atoms with Crippen molar-refractivity contribution in [3.63, 3.8) is 0 Å². The predicted octanol–water partition coefficient (Wildman–Crippen LogP) is 3.96. The fourth-order valence-electron chi connectivity index (χ4n) is 2.86. The zero-order valence-corrected chi connectivity index (χ0v) is 17.5. The lowest BCUT2D eigenvalue weighted by molar-refractivity contribution is -0.385. The van der Waals surface area contributed by atoms with Gasteiger partial charge < -0.3 is 10.1 Å². The molecule has 0 unspecified atom stereocenters. The number of anilines is 2. The summed E-state index contributed by atoms with van der Waals surface area (Å²) in [5.74, 6) is -0.112. The normalized spacial score (nSPS) is 10.9. The first kappa shape index (κ1) is 21.8. The van der Waals surface area contributed by atoms with E-state index in [-0.39, 0.29) is 21.8 Å². The third-order valence-corrected chi connectivity index (χ3v) is 5.82. The van der Waals surface area contributed by atoms with E-state index in [9.17, 15) is 23.3 Å². The van der Waals surface area contributed by atoms with E-state index in [0.29, 0.717) is 17.0 Å². The van der Waals surface area contributed by atoms with Crippen LogP contribution in [0.15, 0.2) is 71.6 Å². The number of nitrogens with one attached hydrogen (secondary N) is 2. The standard InChI is InChI=1S/C21H19N3O6S/c1-14-11-12-15(13-19(14)24(26)27)31(28,29)23-17-8-4-3-7-16(17)21(25)22-18-9-5-6-10-20(18)30-2/h3-13,23H,1-2H3,(H,22,25). The molecule has 0 fully saturated rings. The molecular weight excluding hydrogens is 422 g/mol. The summed E-state index contributed by atoms with van der Waals surface area (Å²) >= 11 is 0. The van der Waals surface area contributed by atoms with Crippen molar-refractivity contribution in [1.29, 1.82) is 0 Å². The zero-order valence-electron chi connectivity index (χ0n) is 16.7. The van der Waals surface area contributed by atoms with Gasteiger partial charge in [-0.15, -0.1) is 0 Å². The molecule has 3 aromatic carbocycles. The monoisotopic (exact) mass is 441 g/mol. The van der Waals surface area contributed by atoms with Crippen LogP contribution in [0.5, 0.6) is 5.75 Å². The van der Waals surface area contributed by atoms with E-state index < -0.39 is 20.9 Å². The van der Waals surface area contributed by atoms with Crippen molar-refractivity contribution in [2.45, 2.75) is 11.8 Å². The van der Waals surface area contributed by atoms with Crippen LogP contribution in [0.25, 0.3) is 0 Å². The molecule has 0 spiro atoms. The van der Waals surface area contributed by atoms with Gasteiger partial charge in [-0.05, 0) is 37.3 Å². The summed E-state index contributed by atoms with van der Waals surface area (Å²) in [6, 6.07) is 16.4. The number of benzene rings is 3. The SMILES string of the molecule is COc1ccccc1NC(=O)c1ccccc1NS(=O)(=O)c1ccc(C)c([N+](=O)[O-])c1. The van der Waals surface area contributed by atoms with Gasteiger partial charge in [-0.25, -0.2) is 8.42 Å². The lowest BCUT2D eigenvalue weighted by Gasteiger charge is -2.14. The number of nitrogens with zero attached hydrogens (tertiary/aromatic N) is 1. The first-order valence-corrected chi connectivity index (χ1v) is 10.5. The van der Waals surface area contributed by atoms with E-state index in [1.807, 2.05) is 0 Å². The number of rotatable bonds is 7. The number of methoxy groups -OCH3 is 1. The average molecular weight is 441 g/mol. The second-order valence-corrected chi connectivity index (χ2v) is 8.19. The zero-order chi connectivity index (χ0) is 22.6. The average Bonchev–Trinajstić information content (AvgIpc) is 2.74. The van der Waals surface area contributed by atoms with Gasteiger partial charge in [-0.1, -0.05) is 30.3 Å². The van der Waals surface area contributed by atoms with Crippen LogP contribution in [-0.2, 0) is 10.0 Å². The highest BCUT2D eigenvalue weighted by molar-refractivity contribution is 7.92. The number of hydrogen-bond donors (Lipinski definition) is 2. The molecule has 0 saturated carbocycles. The van der Waals surface area contributed by atoms with Crippen molar-refractivity contribution < 1.29 is 22.9 Å². The quantitative estimate of drug-likeness (QED) is 0.422. The van der Waals surface area contributed by atoms with E-state index in [1.165, 1.54) is 38.3 Å². The maximum absolute atomic E-state index is 12.8. The molecule has 2 N–H and O–H groups in total. The number of carbonyl (C=O) groups excluding carboxylic acids is 1. The summed E-state index contributed by atoms with van der Waals surface area (Å²) in [6.07, 6.45) is 0. The Hall–Kier alpha value is -3.92. The number of ether oxygens (including phenoxy) is 1. The van der Waals surface area contributed by atoms with Gasteiger partial charge in [0.25, 0.3) is 21.6 Å². The largest absolute Gasteiger partial charge is 0.495 e. The molecule has 3 rings (SSSR count). The first-order chi connectivity index (χ1) is 14.7. The molecule has 31 heavy (non-hydrogen) atoms. The molecule has 3 aromatic rings. The number of nitro benzene ring substituents is 1. The maximum Gasteiger partial charge on any atom is 0.273 e. The van der Waals surface area contributed by atoms with Gasteiger partial charge in [0.15, 0.2) is 0 Å². The number of nitro groups is 1. The minimum atomic E-state index is -4.19. The van der Waals surface area contributed by atoms with Crippen LogP contribution in [-0.4, -0.2) is 26.4 Å². The van der Waals surface area contributed by atoms with Crippen LogP contribution in [0.1, 0.15) is 15.9 Å². The number of sulfonamides is 1. The summed E-state index contributed by atoms with van der Waals surface area (Å²) in [7, 11) is -2.72. The van der Waals surface area contributed by atoms with E-state index in [1.54, 1.807) is 36.4 Å². The minimum Gasteiger partial charge on any atom is -0.495 e. The van der Waals surface area contributed by atoms with Crippen molar-refractivity contribution in [3.8, 4) is 5.75 Å². The number of aryl methyl sites for hydroxylation is 1. The molecule has 160 valence electrons. The molecule has 9 nitrogen and oxygen atoms in total. The smallest absolute Gasteiger partial charge is 0.273 e. The highest BCUT2D eigenvalue weighted by Gasteiger charge is 2.22. The van der Waals surface area contributed by atoms with Crippen molar-refractivity contribution in [2.75, 3.05) is 17.1 Å². The lowest BCUT2D eigenvalue weighted by Crippen LogP contribution is -2.19. The maximum atomic E-state index is 12.8. The Morgan fingerprint density at radius 2 is 1.65 bits per heavy atom. The Morgan fingerprint density at radius 1 is 1.00 bits per heavy atom. The molecule has 0 aromatic heterocycles. The minimum absolute atomic E-state index is 0.0260. The van der Waals surface area contributed by atoms with Gasteiger partial charge in [0.1, 0.15) is 5.75 Å². The summed E-state index contributed by atoms with van der Waals surface area (Å²) in [4.78, 5) is 23.0. The summed E-state index contributed by atoms with van der Waals surface area (Å²) < 4.78 is 33.2. The highest BCUT2D eigenvalue weighted by Crippen LogP contribution is 2.27. The second kappa shape index (κ2) is 8.84. The third-order valence-electron chi connectivity index (χ3n) is 4.46. The van der Waals surface area contributed by atoms with Gasteiger partial charge >= 0.3 is 0 Å². The Bertz CT molecular complexity index is 1260. The van der Waals surface area contributed by atoms with E-state index >= 15 is 0 Å². The van der Waals surface area contributed by atoms with Crippen LogP contribution in [0.2, 0.25) is 0 Å². The van der Waals surface area contributed by atoms with E-state index in [0.717, 1.165) is 6.07 Å².